The molecule has 2 heterocycles. The number of aromatic nitrogens is 3. The van der Waals surface area contributed by atoms with Crippen molar-refractivity contribution in [3.8, 4) is 0 Å². The molecule has 0 aliphatic heterocycles. The number of nitrogens with one attached hydrogen (secondary N) is 1. The van der Waals surface area contributed by atoms with Crippen LogP contribution in [0.2, 0.25) is 0 Å². The van der Waals surface area contributed by atoms with Crippen LogP contribution in [0.3, 0.4) is 0 Å². The third-order valence-electron chi connectivity index (χ3n) is 2.42. The zero-order chi connectivity index (χ0) is 13.2. The predicted molar refractivity (Wildman–Crippen MR) is 67.7 cm³/mol. The standard InChI is InChI=1S/C11H14N4O2S/c1-3-15-8-10(9(2)13-15)18(16,17)14-11-6-4-5-7-12-11/h4-8H,3H2,1-2H3,(H,12,14). The summed E-state index contributed by atoms with van der Waals surface area (Å²) in [5, 5.41) is 4.11. The van der Waals surface area contributed by atoms with Gasteiger partial charge in [0.2, 0.25) is 0 Å². The molecule has 2 rings (SSSR count). The topological polar surface area (TPSA) is 76.9 Å². The second kappa shape index (κ2) is 4.77. The lowest BCUT2D eigenvalue weighted by atomic mass is 10.5. The van der Waals surface area contributed by atoms with Gasteiger partial charge in [-0.1, -0.05) is 6.07 Å². The summed E-state index contributed by atoms with van der Waals surface area (Å²) in [5.74, 6) is 0.293. The molecule has 1 N–H and O–H groups in total. The summed E-state index contributed by atoms with van der Waals surface area (Å²) in [5.41, 5.74) is 0.472. The summed E-state index contributed by atoms with van der Waals surface area (Å²) in [6, 6.07) is 5.03. The second-order valence-corrected chi connectivity index (χ2v) is 5.41. The van der Waals surface area contributed by atoms with Crippen LogP contribution in [-0.4, -0.2) is 23.2 Å². The number of rotatable bonds is 4. The Morgan fingerprint density at radius 2 is 2.17 bits per heavy atom. The number of anilines is 1. The van der Waals surface area contributed by atoms with Crippen LogP contribution < -0.4 is 4.72 Å². The first-order valence-corrected chi connectivity index (χ1v) is 6.99. The maximum absolute atomic E-state index is 12.1. The average molecular weight is 266 g/mol. The van der Waals surface area contributed by atoms with E-state index in [1.807, 2.05) is 6.92 Å². The summed E-state index contributed by atoms with van der Waals surface area (Å²) in [6.45, 7) is 4.19. The molecule has 0 unspecified atom stereocenters. The number of pyridine rings is 1. The van der Waals surface area contributed by atoms with Crippen LogP contribution in [0.15, 0.2) is 35.5 Å². The molecular weight excluding hydrogens is 252 g/mol. The summed E-state index contributed by atoms with van der Waals surface area (Å²) in [6.07, 6.45) is 3.04. The molecule has 2 aromatic heterocycles. The molecule has 6 nitrogen and oxygen atoms in total. The Bertz CT molecular complexity index is 634. The first-order valence-electron chi connectivity index (χ1n) is 5.51. The van der Waals surface area contributed by atoms with E-state index in [0.29, 0.717) is 18.1 Å². The minimum atomic E-state index is -3.63. The van der Waals surface area contributed by atoms with Crippen LogP contribution in [-0.2, 0) is 16.6 Å². The summed E-state index contributed by atoms with van der Waals surface area (Å²) >= 11 is 0. The Morgan fingerprint density at radius 1 is 1.39 bits per heavy atom. The molecule has 0 aliphatic carbocycles. The maximum atomic E-state index is 12.1. The lowest BCUT2D eigenvalue weighted by Crippen LogP contribution is -2.14. The number of hydrogen-bond acceptors (Lipinski definition) is 4. The molecule has 0 aromatic carbocycles. The first-order chi connectivity index (χ1) is 8.53. The fraction of sp³-hybridized carbons (Fsp3) is 0.273. The lowest BCUT2D eigenvalue weighted by molar-refractivity contribution is 0.600. The van der Waals surface area contributed by atoms with Crippen LogP contribution in [0.1, 0.15) is 12.6 Å². The van der Waals surface area contributed by atoms with E-state index in [4.69, 9.17) is 0 Å². The second-order valence-electron chi connectivity index (χ2n) is 3.75. The number of nitrogens with zero attached hydrogens (tertiary/aromatic N) is 3. The van der Waals surface area contributed by atoms with Crippen molar-refractivity contribution in [3.63, 3.8) is 0 Å². The van der Waals surface area contributed by atoms with Crippen LogP contribution >= 0.6 is 0 Å². The van der Waals surface area contributed by atoms with Gasteiger partial charge in [0, 0.05) is 18.9 Å². The monoisotopic (exact) mass is 266 g/mol. The van der Waals surface area contributed by atoms with Gasteiger partial charge in [-0.05, 0) is 26.0 Å². The number of sulfonamides is 1. The minimum Gasteiger partial charge on any atom is -0.271 e. The molecule has 2 aromatic rings. The van der Waals surface area contributed by atoms with Gasteiger partial charge in [0.25, 0.3) is 10.0 Å². The molecular formula is C11H14N4O2S. The fourth-order valence-electron chi connectivity index (χ4n) is 1.54. The van der Waals surface area contributed by atoms with Crippen molar-refractivity contribution in [3.05, 3.63) is 36.3 Å². The van der Waals surface area contributed by atoms with Gasteiger partial charge in [-0.15, -0.1) is 0 Å². The molecule has 0 amide bonds. The lowest BCUT2D eigenvalue weighted by Gasteiger charge is -2.05. The zero-order valence-electron chi connectivity index (χ0n) is 10.2. The predicted octanol–water partition coefficient (Wildman–Crippen LogP) is 1.41. The Kier molecular flexibility index (Phi) is 3.33. The van der Waals surface area contributed by atoms with E-state index in [2.05, 4.69) is 14.8 Å². The molecule has 0 atom stereocenters. The SMILES string of the molecule is CCn1cc(S(=O)(=O)Nc2ccccn2)c(C)n1. The molecule has 0 aliphatic rings. The first kappa shape index (κ1) is 12.6. The quantitative estimate of drug-likeness (QED) is 0.907. The largest absolute Gasteiger partial charge is 0.271 e. The van der Waals surface area contributed by atoms with Crippen LogP contribution in [0.25, 0.3) is 0 Å². The highest BCUT2D eigenvalue weighted by Crippen LogP contribution is 2.16. The van der Waals surface area contributed by atoms with E-state index in [1.165, 1.54) is 12.4 Å². The van der Waals surface area contributed by atoms with Gasteiger partial charge in [-0.3, -0.25) is 9.40 Å². The average Bonchev–Trinajstić information content (AvgIpc) is 2.72. The van der Waals surface area contributed by atoms with Crippen molar-refractivity contribution in [2.45, 2.75) is 25.3 Å². The fourth-order valence-corrected chi connectivity index (χ4v) is 2.74. The van der Waals surface area contributed by atoms with E-state index in [0.717, 1.165) is 0 Å². The molecule has 0 spiro atoms. The molecule has 7 heteroatoms. The zero-order valence-corrected chi connectivity index (χ0v) is 11.0. The maximum Gasteiger partial charge on any atom is 0.266 e. The van der Waals surface area contributed by atoms with Gasteiger partial charge < -0.3 is 0 Å². The van der Waals surface area contributed by atoms with E-state index in [1.54, 1.807) is 29.8 Å². The highest BCUT2D eigenvalue weighted by Gasteiger charge is 2.20. The van der Waals surface area contributed by atoms with Crippen LogP contribution in [0, 0.1) is 6.92 Å². The van der Waals surface area contributed by atoms with E-state index < -0.39 is 10.0 Å². The highest BCUT2D eigenvalue weighted by molar-refractivity contribution is 7.92. The minimum absolute atomic E-state index is 0.176. The normalized spacial score (nSPS) is 11.4. The Morgan fingerprint density at radius 3 is 2.72 bits per heavy atom. The number of aryl methyl sites for hydroxylation is 2. The van der Waals surface area contributed by atoms with Gasteiger partial charge in [0.15, 0.2) is 0 Å². The van der Waals surface area contributed by atoms with Gasteiger partial charge in [0.05, 0.1) is 5.69 Å². The summed E-state index contributed by atoms with van der Waals surface area (Å²) in [7, 11) is -3.63. The number of hydrogen-bond donors (Lipinski definition) is 1. The van der Waals surface area contributed by atoms with Crippen molar-refractivity contribution in [1.29, 1.82) is 0 Å². The summed E-state index contributed by atoms with van der Waals surface area (Å²) < 4.78 is 28.3. The van der Waals surface area contributed by atoms with Crippen LogP contribution in [0.5, 0.6) is 0 Å². The highest BCUT2D eigenvalue weighted by atomic mass is 32.2. The van der Waals surface area contributed by atoms with Crippen molar-refractivity contribution in [1.82, 2.24) is 14.8 Å². The third kappa shape index (κ3) is 2.51. The molecule has 0 bridgehead atoms. The van der Waals surface area contributed by atoms with Crippen molar-refractivity contribution < 1.29 is 8.42 Å². The van der Waals surface area contributed by atoms with Crippen molar-refractivity contribution >= 4 is 15.8 Å². The van der Waals surface area contributed by atoms with Crippen molar-refractivity contribution in [2.75, 3.05) is 4.72 Å². The van der Waals surface area contributed by atoms with E-state index in [-0.39, 0.29) is 4.90 Å². The molecule has 0 radical (unpaired) electrons. The Hall–Kier alpha value is -1.89. The summed E-state index contributed by atoms with van der Waals surface area (Å²) in [4.78, 5) is 4.10. The Labute approximate surface area is 106 Å². The molecule has 0 fully saturated rings. The van der Waals surface area contributed by atoms with Crippen LogP contribution in [0.4, 0.5) is 5.82 Å². The smallest absolute Gasteiger partial charge is 0.266 e. The molecule has 18 heavy (non-hydrogen) atoms. The van der Waals surface area contributed by atoms with Gasteiger partial charge in [-0.25, -0.2) is 13.4 Å². The third-order valence-corrected chi connectivity index (χ3v) is 3.88. The van der Waals surface area contributed by atoms with Crippen molar-refractivity contribution in [2.24, 2.45) is 0 Å². The molecule has 0 saturated heterocycles. The van der Waals surface area contributed by atoms with E-state index >= 15 is 0 Å². The van der Waals surface area contributed by atoms with E-state index in [9.17, 15) is 8.42 Å². The molecule has 0 saturated carbocycles. The van der Waals surface area contributed by atoms with Gasteiger partial charge in [-0.2, -0.15) is 5.10 Å². The van der Waals surface area contributed by atoms with Gasteiger partial charge >= 0.3 is 0 Å². The van der Waals surface area contributed by atoms with Gasteiger partial charge in [0.1, 0.15) is 10.7 Å². The molecule has 96 valence electrons. The Balaban J connectivity index is 2.34.